The first-order valence-corrected chi connectivity index (χ1v) is 10.8. The van der Waals surface area contributed by atoms with Crippen LogP contribution in [-0.4, -0.2) is 56.0 Å². The second-order valence-corrected chi connectivity index (χ2v) is 9.33. The molecule has 1 amide bonds. The largest absolute Gasteiger partial charge is 0.376 e. The van der Waals surface area contributed by atoms with Gasteiger partial charge in [0.15, 0.2) is 9.84 Å². The van der Waals surface area contributed by atoms with Gasteiger partial charge in [-0.2, -0.15) is 0 Å². The molecule has 2 fully saturated rings. The van der Waals surface area contributed by atoms with Crippen LogP contribution in [0.5, 0.6) is 0 Å². The van der Waals surface area contributed by atoms with Crippen LogP contribution in [-0.2, 0) is 19.4 Å². The van der Waals surface area contributed by atoms with E-state index in [2.05, 4.69) is 0 Å². The van der Waals surface area contributed by atoms with Gasteiger partial charge in [0.25, 0.3) is 0 Å². The second kappa shape index (κ2) is 8.06. The molecular formula is C18H21ClFNO4S. The van der Waals surface area contributed by atoms with Crippen molar-refractivity contribution in [2.45, 2.75) is 31.4 Å². The van der Waals surface area contributed by atoms with Gasteiger partial charge in [-0.25, -0.2) is 12.8 Å². The molecule has 1 aromatic rings. The monoisotopic (exact) mass is 401 g/mol. The topological polar surface area (TPSA) is 63.7 Å². The molecule has 0 N–H and O–H groups in total. The lowest BCUT2D eigenvalue weighted by molar-refractivity contribution is -0.129. The quantitative estimate of drug-likeness (QED) is 0.711. The summed E-state index contributed by atoms with van der Waals surface area (Å²) in [5.74, 6) is -0.708. The zero-order valence-corrected chi connectivity index (χ0v) is 15.8. The van der Waals surface area contributed by atoms with Gasteiger partial charge in [0.2, 0.25) is 5.91 Å². The van der Waals surface area contributed by atoms with Crippen molar-refractivity contribution in [2.75, 3.05) is 24.7 Å². The summed E-state index contributed by atoms with van der Waals surface area (Å²) in [5.41, 5.74) is 0.598. The Balaban J connectivity index is 1.74. The zero-order valence-electron chi connectivity index (χ0n) is 14.2. The normalized spacial score (nSPS) is 25.0. The first kappa shape index (κ1) is 19.3. The Kier molecular flexibility index (Phi) is 5.99. The summed E-state index contributed by atoms with van der Waals surface area (Å²) >= 11 is 5.75. The van der Waals surface area contributed by atoms with E-state index < -0.39 is 15.7 Å². The lowest BCUT2D eigenvalue weighted by Gasteiger charge is -2.29. The highest BCUT2D eigenvalue weighted by Gasteiger charge is 2.35. The van der Waals surface area contributed by atoms with Gasteiger partial charge >= 0.3 is 0 Å². The molecule has 0 radical (unpaired) electrons. The fraction of sp³-hybridized carbons (Fsp3) is 0.500. The SMILES string of the molecule is O=C(C=Cc1ccc(F)c(Cl)c1)N(CC1CCCO1)C1CCS(=O)(=O)C1. The molecule has 3 rings (SSSR count). The number of hydrogen-bond acceptors (Lipinski definition) is 4. The van der Waals surface area contributed by atoms with Crippen LogP contribution in [0.3, 0.4) is 0 Å². The molecule has 2 atom stereocenters. The smallest absolute Gasteiger partial charge is 0.246 e. The maximum atomic E-state index is 13.2. The van der Waals surface area contributed by atoms with Gasteiger partial charge in [-0.3, -0.25) is 4.79 Å². The van der Waals surface area contributed by atoms with Crippen LogP contribution in [0.25, 0.3) is 6.08 Å². The van der Waals surface area contributed by atoms with E-state index in [4.69, 9.17) is 16.3 Å². The van der Waals surface area contributed by atoms with E-state index in [1.165, 1.54) is 24.3 Å². The molecule has 0 bridgehead atoms. The average molecular weight is 402 g/mol. The molecule has 1 aromatic carbocycles. The van der Waals surface area contributed by atoms with Crippen LogP contribution in [0.2, 0.25) is 5.02 Å². The summed E-state index contributed by atoms with van der Waals surface area (Å²) in [6.45, 7) is 1.05. The van der Waals surface area contributed by atoms with Crippen molar-refractivity contribution in [3.63, 3.8) is 0 Å². The number of carbonyl (C=O) groups is 1. The maximum Gasteiger partial charge on any atom is 0.246 e. The standard InChI is InChI=1S/C18H21ClFNO4S/c19-16-10-13(3-5-17(16)20)4-6-18(22)21(11-15-2-1-8-25-15)14-7-9-26(23,24)12-14/h3-6,10,14-15H,1-2,7-9,11-12H2. The third kappa shape index (κ3) is 4.84. The lowest BCUT2D eigenvalue weighted by atomic mass is 10.1. The number of ether oxygens (including phenoxy) is 1. The molecule has 142 valence electrons. The molecule has 2 aliphatic heterocycles. The first-order valence-electron chi connectivity index (χ1n) is 8.60. The Morgan fingerprint density at radius 3 is 2.81 bits per heavy atom. The van der Waals surface area contributed by atoms with Crippen molar-refractivity contribution in [1.29, 1.82) is 0 Å². The van der Waals surface area contributed by atoms with Crippen LogP contribution in [0.4, 0.5) is 4.39 Å². The molecule has 2 aliphatic rings. The number of halogens is 2. The number of amides is 1. The molecule has 0 aliphatic carbocycles. The predicted octanol–water partition coefficient (Wildman–Crippen LogP) is 2.69. The highest BCUT2D eigenvalue weighted by molar-refractivity contribution is 7.91. The Morgan fingerprint density at radius 1 is 1.38 bits per heavy atom. The van der Waals surface area contributed by atoms with Crippen molar-refractivity contribution in [2.24, 2.45) is 0 Å². The molecule has 2 saturated heterocycles. The van der Waals surface area contributed by atoms with Crippen molar-refractivity contribution >= 4 is 33.4 Å². The number of sulfone groups is 1. The van der Waals surface area contributed by atoms with Gasteiger partial charge in [0, 0.05) is 25.3 Å². The van der Waals surface area contributed by atoms with Crippen LogP contribution in [0.1, 0.15) is 24.8 Å². The number of hydrogen-bond donors (Lipinski definition) is 0. The number of carbonyl (C=O) groups excluding carboxylic acids is 1. The van der Waals surface area contributed by atoms with Crippen molar-refractivity contribution in [3.8, 4) is 0 Å². The molecule has 5 nitrogen and oxygen atoms in total. The molecule has 0 aromatic heterocycles. The minimum Gasteiger partial charge on any atom is -0.376 e. The summed E-state index contributed by atoms with van der Waals surface area (Å²) < 4.78 is 42.5. The molecule has 26 heavy (non-hydrogen) atoms. The molecule has 0 spiro atoms. The number of nitrogens with zero attached hydrogens (tertiary/aromatic N) is 1. The van der Waals surface area contributed by atoms with Crippen molar-refractivity contribution < 1.29 is 22.3 Å². The molecular weight excluding hydrogens is 381 g/mol. The molecule has 0 saturated carbocycles. The van der Waals surface area contributed by atoms with Gasteiger partial charge in [-0.05, 0) is 43.0 Å². The Hall–Kier alpha value is -1.44. The fourth-order valence-electron chi connectivity index (χ4n) is 3.33. The van der Waals surface area contributed by atoms with E-state index in [0.29, 0.717) is 25.1 Å². The summed E-state index contributed by atoms with van der Waals surface area (Å²) in [6.07, 6.45) is 5.12. The van der Waals surface area contributed by atoms with E-state index in [-0.39, 0.29) is 34.6 Å². The zero-order chi connectivity index (χ0) is 18.7. The summed E-state index contributed by atoms with van der Waals surface area (Å²) in [6, 6.07) is 3.86. The highest BCUT2D eigenvalue weighted by atomic mass is 35.5. The molecule has 8 heteroatoms. The molecule has 2 heterocycles. The minimum absolute atomic E-state index is 0.0122. The Morgan fingerprint density at radius 2 is 2.19 bits per heavy atom. The first-order chi connectivity index (χ1) is 12.3. The fourth-order valence-corrected chi connectivity index (χ4v) is 5.25. The molecule has 2 unspecified atom stereocenters. The van der Waals surface area contributed by atoms with Gasteiger partial charge in [-0.15, -0.1) is 0 Å². The van der Waals surface area contributed by atoms with Crippen LogP contribution < -0.4 is 0 Å². The average Bonchev–Trinajstić information content (AvgIpc) is 3.22. The van der Waals surface area contributed by atoms with Crippen molar-refractivity contribution in [3.05, 3.63) is 40.7 Å². The second-order valence-electron chi connectivity index (χ2n) is 6.69. The van der Waals surface area contributed by atoms with Crippen molar-refractivity contribution in [1.82, 2.24) is 4.90 Å². The maximum absolute atomic E-state index is 13.2. The van der Waals surface area contributed by atoms with Gasteiger partial charge < -0.3 is 9.64 Å². The minimum atomic E-state index is -3.10. The number of rotatable bonds is 5. The van der Waals surface area contributed by atoms with E-state index in [1.807, 2.05) is 0 Å². The third-order valence-electron chi connectivity index (χ3n) is 4.72. The van der Waals surface area contributed by atoms with E-state index >= 15 is 0 Å². The highest BCUT2D eigenvalue weighted by Crippen LogP contribution is 2.22. The predicted molar refractivity (Wildman–Crippen MR) is 98.2 cm³/mol. The van der Waals surface area contributed by atoms with E-state index in [9.17, 15) is 17.6 Å². The summed E-state index contributed by atoms with van der Waals surface area (Å²) in [5, 5.41) is -0.0160. The van der Waals surface area contributed by atoms with Gasteiger partial charge in [0.1, 0.15) is 5.82 Å². The van der Waals surface area contributed by atoms with Gasteiger partial charge in [-0.1, -0.05) is 17.7 Å². The van der Waals surface area contributed by atoms with Crippen LogP contribution in [0.15, 0.2) is 24.3 Å². The van der Waals surface area contributed by atoms with Crippen LogP contribution >= 0.6 is 11.6 Å². The van der Waals surface area contributed by atoms with Gasteiger partial charge in [0.05, 0.1) is 22.6 Å². The lowest BCUT2D eigenvalue weighted by Crippen LogP contribution is -2.44. The Bertz CT molecular complexity index is 805. The number of benzene rings is 1. The summed E-state index contributed by atoms with van der Waals surface area (Å²) in [7, 11) is -3.10. The summed E-state index contributed by atoms with van der Waals surface area (Å²) in [4.78, 5) is 14.3. The van der Waals surface area contributed by atoms with Crippen LogP contribution in [0, 0.1) is 5.82 Å². The third-order valence-corrected chi connectivity index (χ3v) is 6.76. The van der Waals surface area contributed by atoms with E-state index in [1.54, 1.807) is 11.0 Å². The Labute approximate surface area is 157 Å². The van der Waals surface area contributed by atoms with E-state index in [0.717, 1.165) is 12.8 Å².